The first-order chi connectivity index (χ1) is 18.8. The summed E-state index contributed by atoms with van der Waals surface area (Å²) in [6.45, 7) is 8.66. The quantitative estimate of drug-likeness (QED) is 0.102. The molecule has 8 heteroatoms. The van der Waals surface area contributed by atoms with Crippen molar-refractivity contribution in [3.63, 3.8) is 0 Å². The summed E-state index contributed by atoms with van der Waals surface area (Å²) in [5.41, 5.74) is 9.61. The zero-order chi connectivity index (χ0) is 28.6. The Hall–Kier alpha value is -3.49. The molecule has 0 aliphatic rings. The molecule has 7 nitrogen and oxygen atoms in total. The minimum atomic E-state index is -0.381. The third-order valence-electron chi connectivity index (χ3n) is 5.89. The van der Waals surface area contributed by atoms with Crippen LogP contribution in [0.1, 0.15) is 72.9 Å². The second-order valence-corrected chi connectivity index (χ2v) is 9.59. The highest BCUT2D eigenvalue weighted by Crippen LogP contribution is 2.27. The van der Waals surface area contributed by atoms with E-state index in [1.807, 2.05) is 60.7 Å². The molecule has 0 saturated heterocycles. The number of nitrogens with zero attached hydrogens (tertiary/aromatic N) is 1. The van der Waals surface area contributed by atoms with E-state index in [4.69, 9.17) is 15.2 Å². The highest BCUT2D eigenvalue weighted by atomic mass is 79.9. The molecule has 3 aromatic rings. The van der Waals surface area contributed by atoms with Crippen molar-refractivity contribution in [1.82, 2.24) is 4.90 Å². The number of anilines is 1. The lowest BCUT2D eigenvalue weighted by Crippen LogP contribution is -2.23. The molecule has 0 aliphatic carbocycles. The number of halogens is 1. The lowest BCUT2D eigenvalue weighted by molar-refractivity contribution is -0.141. The molecule has 0 radical (unpaired) electrons. The first-order valence-corrected chi connectivity index (χ1v) is 13.8. The predicted octanol–water partition coefficient (Wildman–Crippen LogP) is 6.93. The van der Waals surface area contributed by atoms with Gasteiger partial charge in [0, 0.05) is 29.1 Å². The van der Waals surface area contributed by atoms with Crippen LogP contribution < -0.4 is 5.73 Å². The molecule has 0 aliphatic heterocycles. The fraction of sp³-hybridized carbons (Fsp3) is 0.344. The molecule has 0 spiro atoms. The number of rotatable bonds is 12. The van der Waals surface area contributed by atoms with Crippen molar-refractivity contribution in [1.29, 1.82) is 0 Å². The van der Waals surface area contributed by atoms with Gasteiger partial charge in [-0.3, -0.25) is 14.5 Å². The van der Waals surface area contributed by atoms with Gasteiger partial charge in [-0.1, -0.05) is 81.9 Å². The number of esters is 2. The van der Waals surface area contributed by atoms with Crippen LogP contribution in [-0.4, -0.2) is 48.9 Å². The molecule has 0 unspecified atom stereocenters. The van der Waals surface area contributed by atoms with Gasteiger partial charge in [0.05, 0.1) is 24.5 Å². The molecule has 0 aromatic heterocycles. The maximum Gasteiger partial charge on any atom is 0.338 e. The molecule has 40 heavy (non-hydrogen) atoms. The van der Waals surface area contributed by atoms with Crippen molar-refractivity contribution in [2.75, 3.05) is 32.0 Å². The van der Waals surface area contributed by atoms with Gasteiger partial charge in [-0.15, -0.1) is 0 Å². The normalized spacial score (nSPS) is 10.1. The molecule has 216 valence electrons. The van der Waals surface area contributed by atoms with Gasteiger partial charge in [0.15, 0.2) is 5.78 Å². The van der Waals surface area contributed by atoms with Crippen LogP contribution in [0, 0.1) is 0 Å². The van der Waals surface area contributed by atoms with Crippen molar-refractivity contribution in [2.45, 2.75) is 47.6 Å². The van der Waals surface area contributed by atoms with Gasteiger partial charge in [-0.2, -0.15) is 0 Å². The summed E-state index contributed by atoms with van der Waals surface area (Å²) in [5.74, 6) is -0.607. The Bertz CT molecular complexity index is 1160. The van der Waals surface area contributed by atoms with Gasteiger partial charge in [0.2, 0.25) is 0 Å². The van der Waals surface area contributed by atoms with E-state index in [-0.39, 0.29) is 31.8 Å². The Labute approximate surface area is 246 Å². The number of hydrogen-bond acceptors (Lipinski definition) is 7. The minimum Gasteiger partial charge on any atom is -0.466 e. The number of carbonyl (C=O) groups is 3. The van der Waals surface area contributed by atoms with Gasteiger partial charge >= 0.3 is 11.9 Å². The number of nitrogens with two attached hydrogens (primary N) is 1. The van der Waals surface area contributed by atoms with Gasteiger partial charge < -0.3 is 15.2 Å². The van der Waals surface area contributed by atoms with Crippen molar-refractivity contribution in [3.8, 4) is 0 Å². The maximum absolute atomic E-state index is 12.2. The topological polar surface area (TPSA) is 98.9 Å². The van der Waals surface area contributed by atoms with Crippen LogP contribution in [-0.2, 0) is 20.8 Å². The molecule has 2 N–H and O–H groups in total. The smallest absolute Gasteiger partial charge is 0.338 e. The monoisotopic (exact) mass is 612 g/mol. The average Bonchev–Trinajstić information content (AvgIpc) is 2.96. The number of hydrogen-bond donors (Lipinski definition) is 1. The first kappa shape index (κ1) is 34.5. The van der Waals surface area contributed by atoms with E-state index in [9.17, 15) is 14.4 Å². The molecule has 0 saturated carbocycles. The number of ketones is 1. The molecule has 0 fully saturated rings. The maximum atomic E-state index is 12.2. The third kappa shape index (κ3) is 11.7. The molecule has 0 bridgehead atoms. The Morgan fingerprint density at radius 2 is 1.30 bits per heavy atom. The van der Waals surface area contributed by atoms with Crippen LogP contribution in [0.3, 0.4) is 0 Å². The average molecular weight is 614 g/mol. The van der Waals surface area contributed by atoms with Gasteiger partial charge in [0.25, 0.3) is 0 Å². The van der Waals surface area contributed by atoms with Crippen molar-refractivity contribution in [2.24, 2.45) is 0 Å². The number of ether oxygens (including phenoxy) is 2. The van der Waals surface area contributed by atoms with Crippen molar-refractivity contribution in [3.05, 3.63) is 99.5 Å². The number of carbonyl (C=O) groups excluding carboxylic acids is 3. The van der Waals surface area contributed by atoms with E-state index < -0.39 is 0 Å². The first-order valence-electron chi connectivity index (χ1n) is 13.0. The van der Waals surface area contributed by atoms with E-state index in [0.29, 0.717) is 41.7 Å². The van der Waals surface area contributed by atoms with E-state index in [2.05, 4.69) is 34.7 Å². The molecule has 0 atom stereocenters. The predicted molar refractivity (Wildman–Crippen MR) is 164 cm³/mol. The van der Waals surface area contributed by atoms with Crippen LogP contribution in [0.2, 0.25) is 0 Å². The van der Waals surface area contributed by atoms with E-state index in [1.54, 1.807) is 12.1 Å². The van der Waals surface area contributed by atoms with Gasteiger partial charge in [-0.05, 0) is 59.6 Å². The fourth-order valence-corrected chi connectivity index (χ4v) is 4.13. The standard InChI is InChI=1S/C18H27BrN2O4.C13H10O.CH4/c1-4-21(5-2)12-15-10-14(11-16(19)17(15)20)18(23)25-9-7-6-8-24-13(3)22;14-13(11-7-3-1-4-8-11)12-9-5-2-6-10-12;/h10-11H,4-9,12,20H2,1-3H3;1-10H;1H4. The SMILES string of the molecule is C.CCN(CC)Cc1cc(C(=O)OCCCCOC(C)=O)cc(Br)c1N.O=C(c1ccccc1)c1ccccc1. The summed E-state index contributed by atoms with van der Waals surface area (Å²) in [5, 5.41) is 0. The minimum absolute atomic E-state index is 0. The summed E-state index contributed by atoms with van der Waals surface area (Å²) in [4.78, 5) is 37.0. The summed E-state index contributed by atoms with van der Waals surface area (Å²) in [6.07, 6.45) is 1.30. The molecular weight excluding hydrogens is 572 g/mol. The van der Waals surface area contributed by atoms with Crippen LogP contribution >= 0.6 is 15.9 Å². The van der Waals surface area contributed by atoms with Gasteiger partial charge in [0.1, 0.15) is 0 Å². The summed E-state index contributed by atoms with van der Waals surface area (Å²) < 4.78 is 10.8. The van der Waals surface area contributed by atoms with Crippen molar-refractivity contribution < 1.29 is 23.9 Å². The van der Waals surface area contributed by atoms with E-state index >= 15 is 0 Å². The summed E-state index contributed by atoms with van der Waals surface area (Å²) in [7, 11) is 0. The van der Waals surface area contributed by atoms with E-state index in [0.717, 1.165) is 29.8 Å². The number of benzene rings is 3. The summed E-state index contributed by atoms with van der Waals surface area (Å²) >= 11 is 3.42. The Morgan fingerprint density at radius 1 is 0.800 bits per heavy atom. The van der Waals surface area contributed by atoms with Crippen LogP contribution in [0.15, 0.2) is 77.3 Å². The van der Waals surface area contributed by atoms with Crippen LogP contribution in [0.25, 0.3) is 0 Å². The van der Waals surface area contributed by atoms with Crippen LogP contribution in [0.5, 0.6) is 0 Å². The summed E-state index contributed by atoms with van der Waals surface area (Å²) in [6, 6.07) is 22.1. The zero-order valence-corrected chi connectivity index (χ0v) is 24.4. The molecule has 3 aromatic carbocycles. The lowest BCUT2D eigenvalue weighted by atomic mass is 10.0. The Morgan fingerprint density at radius 3 is 1.77 bits per heavy atom. The fourth-order valence-electron chi connectivity index (χ4n) is 3.63. The highest BCUT2D eigenvalue weighted by Gasteiger charge is 2.15. The van der Waals surface area contributed by atoms with Crippen molar-refractivity contribution >= 4 is 39.3 Å². The number of nitrogen functional groups attached to an aromatic ring is 1. The molecule has 0 heterocycles. The largest absolute Gasteiger partial charge is 0.466 e. The highest BCUT2D eigenvalue weighted by molar-refractivity contribution is 9.10. The molecular formula is C32H41BrN2O5. The Kier molecular flexibility index (Phi) is 16.2. The third-order valence-corrected chi connectivity index (χ3v) is 6.54. The molecule has 3 rings (SSSR count). The Balaban J connectivity index is 0.000000449. The zero-order valence-electron chi connectivity index (χ0n) is 22.8. The second kappa shape index (κ2) is 18.7. The van der Waals surface area contributed by atoms with Gasteiger partial charge in [-0.25, -0.2) is 4.79 Å². The van der Waals surface area contributed by atoms with Crippen LogP contribution in [0.4, 0.5) is 5.69 Å². The van der Waals surface area contributed by atoms with E-state index in [1.165, 1.54) is 6.92 Å². The number of unbranched alkanes of at least 4 members (excludes halogenated alkanes) is 1. The lowest BCUT2D eigenvalue weighted by Gasteiger charge is -2.20. The molecule has 0 amide bonds. The second-order valence-electron chi connectivity index (χ2n) is 8.74.